The maximum atomic E-state index is 12.4. The van der Waals surface area contributed by atoms with Crippen LogP contribution in [0.25, 0.3) is 0 Å². The van der Waals surface area contributed by atoms with Crippen LogP contribution in [0, 0.1) is 16.0 Å². The number of nitro benzene ring substituents is 1. The summed E-state index contributed by atoms with van der Waals surface area (Å²) in [6, 6.07) is 11.5. The van der Waals surface area contributed by atoms with E-state index in [2.05, 4.69) is 15.8 Å². The summed E-state index contributed by atoms with van der Waals surface area (Å²) in [6.45, 7) is 3.61. The topological polar surface area (TPSA) is 123 Å². The highest BCUT2D eigenvalue weighted by Crippen LogP contribution is 2.12. The molecule has 0 aliphatic carbocycles. The molecule has 0 radical (unpaired) electrons. The Morgan fingerprint density at radius 2 is 1.72 bits per heavy atom. The Kier molecular flexibility index (Phi) is 7.41. The number of nitrogens with zero attached hydrogens (tertiary/aromatic N) is 2. The second-order valence-corrected chi connectivity index (χ2v) is 6.51. The van der Waals surface area contributed by atoms with Gasteiger partial charge in [-0.25, -0.2) is 5.43 Å². The number of carbonyl (C=O) groups is 2. The summed E-state index contributed by atoms with van der Waals surface area (Å²) in [4.78, 5) is 35.0. The molecule has 0 heterocycles. The average molecular weight is 398 g/mol. The van der Waals surface area contributed by atoms with Gasteiger partial charge >= 0.3 is 0 Å². The van der Waals surface area contributed by atoms with Crippen LogP contribution in [0.2, 0.25) is 0 Å². The molecule has 0 fully saturated rings. The molecular weight excluding hydrogens is 376 g/mol. The predicted octanol–water partition coefficient (Wildman–Crippen LogP) is 2.51. The number of carbonyl (C=O) groups excluding carboxylic acids is 2. The van der Waals surface area contributed by atoms with Crippen LogP contribution in [0.1, 0.15) is 29.8 Å². The molecule has 2 N–H and O–H groups in total. The van der Waals surface area contributed by atoms with Crippen LogP contribution in [-0.2, 0) is 4.79 Å². The molecule has 1 unspecified atom stereocenters. The van der Waals surface area contributed by atoms with E-state index in [9.17, 15) is 19.7 Å². The molecule has 9 nitrogen and oxygen atoms in total. The lowest BCUT2D eigenvalue weighted by Gasteiger charge is -2.20. The Labute approximate surface area is 167 Å². The van der Waals surface area contributed by atoms with Gasteiger partial charge in [0.15, 0.2) is 0 Å². The van der Waals surface area contributed by atoms with Crippen molar-refractivity contribution in [2.45, 2.75) is 19.9 Å². The number of hydrazone groups is 1. The fraction of sp³-hybridized carbons (Fsp3) is 0.250. The fourth-order valence-electron chi connectivity index (χ4n) is 2.42. The number of methoxy groups -OCH3 is 1. The van der Waals surface area contributed by atoms with E-state index >= 15 is 0 Å². The zero-order chi connectivity index (χ0) is 21.4. The van der Waals surface area contributed by atoms with Crippen molar-refractivity contribution in [3.05, 3.63) is 69.8 Å². The Balaban J connectivity index is 1.99. The lowest BCUT2D eigenvalue weighted by molar-refractivity contribution is -0.384. The van der Waals surface area contributed by atoms with Gasteiger partial charge in [-0.05, 0) is 47.9 Å². The van der Waals surface area contributed by atoms with Crippen molar-refractivity contribution in [2.75, 3.05) is 7.11 Å². The van der Waals surface area contributed by atoms with Gasteiger partial charge in [0.1, 0.15) is 11.8 Å². The molecule has 0 aliphatic heterocycles. The fourth-order valence-corrected chi connectivity index (χ4v) is 2.42. The number of hydrogen-bond donors (Lipinski definition) is 2. The van der Waals surface area contributed by atoms with Crippen LogP contribution in [0.15, 0.2) is 53.6 Å². The van der Waals surface area contributed by atoms with Crippen molar-refractivity contribution in [3.63, 3.8) is 0 Å². The summed E-state index contributed by atoms with van der Waals surface area (Å²) in [6.07, 6.45) is 1.37. The summed E-state index contributed by atoms with van der Waals surface area (Å²) in [7, 11) is 1.53. The highest BCUT2D eigenvalue weighted by atomic mass is 16.6. The smallest absolute Gasteiger partial charge is 0.269 e. The molecule has 1 atom stereocenters. The number of rotatable bonds is 8. The minimum Gasteiger partial charge on any atom is -0.497 e. The summed E-state index contributed by atoms with van der Waals surface area (Å²) in [5.41, 5.74) is 3.34. The third-order valence-corrected chi connectivity index (χ3v) is 4.08. The molecule has 2 amide bonds. The largest absolute Gasteiger partial charge is 0.497 e. The van der Waals surface area contributed by atoms with Crippen LogP contribution in [0.4, 0.5) is 5.69 Å². The van der Waals surface area contributed by atoms with Gasteiger partial charge in [-0.1, -0.05) is 13.8 Å². The third kappa shape index (κ3) is 6.13. The second kappa shape index (κ2) is 9.98. The first-order valence-electron chi connectivity index (χ1n) is 8.84. The van der Waals surface area contributed by atoms with Crippen LogP contribution in [0.3, 0.4) is 0 Å². The summed E-state index contributed by atoms with van der Waals surface area (Å²) in [5, 5.41) is 17.2. The maximum absolute atomic E-state index is 12.4. The number of hydrogen-bond acceptors (Lipinski definition) is 6. The van der Waals surface area contributed by atoms with Crippen molar-refractivity contribution in [3.8, 4) is 5.75 Å². The minimum atomic E-state index is -0.793. The normalized spacial score (nSPS) is 11.9. The van der Waals surface area contributed by atoms with Gasteiger partial charge in [-0.2, -0.15) is 5.10 Å². The van der Waals surface area contributed by atoms with Gasteiger partial charge in [0.2, 0.25) is 0 Å². The van der Waals surface area contributed by atoms with Gasteiger partial charge in [-0.3, -0.25) is 19.7 Å². The molecule has 2 aromatic carbocycles. The molecule has 0 aliphatic rings. The number of non-ortho nitro benzene ring substituents is 1. The molecule has 0 saturated heterocycles. The van der Waals surface area contributed by atoms with Crippen molar-refractivity contribution < 1.29 is 19.2 Å². The van der Waals surface area contributed by atoms with Crippen molar-refractivity contribution in [2.24, 2.45) is 11.0 Å². The van der Waals surface area contributed by atoms with E-state index in [1.54, 1.807) is 38.1 Å². The average Bonchev–Trinajstić information content (AvgIpc) is 2.71. The quantitative estimate of drug-likeness (QED) is 0.402. The molecule has 0 bridgehead atoms. The Morgan fingerprint density at radius 1 is 1.10 bits per heavy atom. The number of ether oxygens (including phenoxy) is 1. The van der Waals surface area contributed by atoms with E-state index in [1.165, 1.54) is 37.6 Å². The molecule has 9 heteroatoms. The SMILES string of the molecule is COc1ccc(C(=O)NC(C(=O)NN=Cc2ccc([N+](=O)[O-])cc2)C(C)C)cc1. The first-order chi connectivity index (χ1) is 13.8. The number of amides is 2. The van der Waals surface area contributed by atoms with Crippen LogP contribution in [0.5, 0.6) is 5.75 Å². The van der Waals surface area contributed by atoms with Gasteiger partial charge in [-0.15, -0.1) is 0 Å². The van der Waals surface area contributed by atoms with E-state index in [0.29, 0.717) is 16.9 Å². The standard InChI is InChI=1S/C20H22N4O5/c1-13(2)18(22-19(25)15-6-10-17(29-3)11-7-15)20(26)23-21-12-14-4-8-16(9-5-14)24(27)28/h4-13,18H,1-3H3,(H,22,25)(H,23,26). The highest BCUT2D eigenvalue weighted by Gasteiger charge is 2.24. The van der Waals surface area contributed by atoms with E-state index in [4.69, 9.17) is 4.74 Å². The van der Waals surface area contributed by atoms with Crippen molar-refractivity contribution in [1.82, 2.24) is 10.7 Å². The van der Waals surface area contributed by atoms with Gasteiger partial charge in [0.25, 0.3) is 17.5 Å². The second-order valence-electron chi connectivity index (χ2n) is 6.51. The zero-order valence-corrected chi connectivity index (χ0v) is 16.3. The molecule has 152 valence electrons. The van der Waals surface area contributed by atoms with Crippen molar-refractivity contribution >= 4 is 23.7 Å². The number of nitro groups is 1. The van der Waals surface area contributed by atoms with E-state index in [1.807, 2.05) is 0 Å². The minimum absolute atomic E-state index is 0.0349. The van der Waals surface area contributed by atoms with E-state index in [0.717, 1.165) is 0 Å². The molecule has 2 aromatic rings. The molecule has 29 heavy (non-hydrogen) atoms. The first-order valence-corrected chi connectivity index (χ1v) is 8.84. The van der Waals surface area contributed by atoms with E-state index < -0.39 is 16.9 Å². The molecule has 0 spiro atoms. The van der Waals surface area contributed by atoms with Gasteiger partial charge in [0, 0.05) is 17.7 Å². The van der Waals surface area contributed by atoms with E-state index in [-0.39, 0.29) is 17.5 Å². The molecule has 0 aromatic heterocycles. The number of benzene rings is 2. The lowest BCUT2D eigenvalue weighted by atomic mass is 10.0. The maximum Gasteiger partial charge on any atom is 0.269 e. The Morgan fingerprint density at radius 3 is 2.24 bits per heavy atom. The lowest BCUT2D eigenvalue weighted by Crippen LogP contribution is -2.48. The molecule has 2 rings (SSSR count). The van der Waals surface area contributed by atoms with Crippen LogP contribution in [-0.4, -0.2) is 36.1 Å². The van der Waals surface area contributed by atoms with Crippen LogP contribution >= 0.6 is 0 Å². The molecule has 0 saturated carbocycles. The highest BCUT2D eigenvalue weighted by molar-refractivity contribution is 5.97. The Bertz CT molecular complexity index is 892. The number of nitrogens with one attached hydrogen (secondary N) is 2. The summed E-state index contributed by atoms with van der Waals surface area (Å²) >= 11 is 0. The van der Waals surface area contributed by atoms with Crippen molar-refractivity contribution in [1.29, 1.82) is 0 Å². The third-order valence-electron chi connectivity index (χ3n) is 4.08. The summed E-state index contributed by atoms with van der Waals surface area (Å²) < 4.78 is 5.06. The van der Waals surface area contributed by atoms with Gasteiger partial charge < -0.3 is 10.1 Å². The Hall–Kier alpha value is -3.75. The predicted molar refractivity (Wildman–Crippen MR) is 108 cm³/mol. The zero-order valence-electron chi connectivity index (χ0n) is 16.3. The monoisotopic (exact) mass is 398 g/mol. The van der Waals surface area contributed by atoms with Gasteiger partial charge in [0.05, 0.1) is 18.2 Å². The van der Waals surface area contributed by atoms with Crippen LogP contribution < -0.4 is 15.5 Å². The summed E-state index contributed by atoms with van der Waals surface area (Å²) in [5.74, 6) is -0.409. The molecular formula is C20H22N4O5. The first kappa shape index (κ1) is 21.5.